The van der Waals surface area contributed by atoms with Crippen molar-refractivity contribution in [3.63, 3.8) is 0 Å². The number of benzene rings is 1. The third-order valence-electron chi connectivity index (χ3n) is 3.08. The first-order chi connectivity index (χ1) is 8.91. The number of hydrogen-bond donors (Lipinski definition) is 1. The maximum Gasteiger partial charge on any atom is 0.327 e. The lowest BCUT2D eigenvalue weighted by Crippen LogP contribution is -2.32. The van der Waals surface area contributed by atoms with E-state index in [1.54, 1.807) is 38.2 Å². The van der Waals surface area contributed by atoms with Crippen LogP contribution in [0.4, 0.5) is 0 Å². The monoisotopic (exact) mass is 323 g/mol. The van der Waals surface area contributed by atoms with Gasteiger partial charge in [-0.05, 0) is 35.6 Å². The Morgan fingerprint density at radius 2 is 2.00 bits per heavy atom. The van der Waals surface area contributed by atoms with Crippen molar-refractivity contribution in [1.29, 1.82) is 0 Å². The van der Waals surface area contributed by atoms with E-state index in [-0.39, 0.29) is 11.5 Å². The molecule has 1 heterocycles. The van der Waals surface area contributed by atoms with Gasteiger partial charge in [0.1, 0.15) is 6.04 Å². The zero-order chi connectivity index (χ0) is 14.2. The van der Waals surface area contributed by atoms with Gasteiger partial charge in [-0.1, -0.05) is 29.8 Å². The molecule has 100 valence electrons. The van der Waals surface area contributed by atoms with Crippen molar-refractivity contribution in [3.05, 3.63) is 45.3 Å². The molecule has 5 heteroatoms. The number of aromatic nitrogens is 1. The molecule has 4 nitrogen and oxygen atoms in total. The molecule has 0 aliphatic rings. The van der Waals surface area contributed by atoms with Crippen molar-refractivity contribution in [2.24, 2.45) is 5.92 Å². The van der Waals surface area contributed by atoms with Crippen LogP contribution < -0.4 is 5.56 Å². The van der Waals surface area contributed by atoms with E-state index in [4.69, 9.17) is 0 Å². The number of pyridine rings is 1. The molecule has 1 N–H and O–H groups in total. The fraction of sp³-hybridized carbons (Fsp3) is 0.286. The number of nitrogens with zero attached hydrogens (tertiary/aromatic N) is 1. The summed E-state index contributed by atoms with van der Waals surface area (Å²) in [7, 11) is 0. The minimum Gasteiger partial charge on any atom is -0.480 e. The molecule has 0 radical (unpaired) electrons. The third kappa shape index (κ3) is 2.56. The average Bonchev–Trinajstić information content (AvgIpc) is 2.31. The topological polar surface area (TPSA) is 59.3 Å². The molecule has 1 aromatic heterocycles. The Balaban J connectivity index is 2.69. The van der Waals surface area contributed by atoms with Gasteiger partial charge in [-0.2, -0.15) is 0 Å². The van der Waals surface area contributed by atoms with Crippen LogP contribution in [0.1, 0.15) is 19.9 Å². The molecule has 1 aromatic carbocycles. The summed E-state index contributed by atoms with van der Waals surface area (Å²) in [5.41, 5.74) is -0.272. The molecular weight excluding hydrogens is 310 g/mol. The minimum absolute atomic E-state index is 0.164. The van der Waals surface area contributed by atoms with Gasteiger partial charge in [0.2, 0.25) is 0 Å². The first-order valence-corrected chi connectivity index (χ1v) is 6.74. The zero-order valence-corrected chi connectivity index (χ0v) is 12.2. The highest BCUT2D eigenvalue weighted by Gasteiger charge is 2.24. The van der Waals surface area contributed by atoms with E-state index in [2.05, 4.69) is 15.9 Å². The van der Waals surface area contributed by atoms with Gasteiger partial charge >= 0.3 is 5.97 Å². The smallest absolute Gasteiger partial charge is 0.327 e. The van der Waals surface area contributed by atoms with Gasteiger partial charge in [-0.25, -0.2) is 4.79 Å². The first kappa shape index (κ1) is 13.8. The summed E-state index contributed by atoms with van der Waals surface area (Å²) in [6.45, 7) is 3.58. The van der Waals surface area contributed by atoms with E-state index in [1.807, 2.05) is 6.07 Å². The second-order valence-corrected chi connectivity index (χ2v) is 5.70. The Morgan fingerprint density at radius 3 is 2.58 bits per heavy atom. The summed E-state index contributed by atoms with van der Waals surface area (Å²) in [5, 5.41) is 10.6. The van der Waals surface area contributed by atoms with Gasteiger partial charge in [0.15, 0.2) is 0 Å². The number of aliphatic carboxylic acids is 1. The highest BCUT2D eigenvalue weighted by atomic mass is 79.9. The predicted octanol–water partition coefficient (Wildman–Crippen LogP) is 3.05. The lowest BCUT2D eigenvalue weighted by atomic mass is 10.0. The van der Waals surface area contributed by atoms with Gasteiger partial charge in [0.25, 0.3) is 5.56 Å². The average molecular weight is 324 g/mol. The van der Waals surface area contributed by atoms with E-state index in [0.717, 1.165) is 9.86 Å². The van der Waals surface area contributed by atoms with Crippen LogP contribution in [0.3, 0.4) is 0 Å². The lowest BCUT2D eigenvalue weighted by Gasteiger charge is -2.19. The second kappa shape index (κ2) is 5.17. The Hall–Kier alpha value is -1.62. The summed E-state index contributed by atoms with van der Waals surface area (Å²) in [5.74, 6) is -1.16. The molecule has 19 heavy (non-hydrogen) atoms. The molecule has 0 fully saturated rings. The van der Waals surface area contributed by atoms with Crippen LogP contribution in [0.25, 0.3) is 10.8 Å². The van der Waals surface area contributed by atoms with E-state index in [9.17, 15) is 14.7 Å². The number of halogens is 1. The standard InChI is InChI=1S/C14H14BrNO3/c1-8(2)12(14(18)19)16-6-5-9-7-10(15)3-4-11(9)13(16)17/h3-8,12H,1-2H3,(H,18,19). The largest absolute Gasteiger partial charge is 0.480 e. The number of fused-ring (bicyclic) bond motifs is 1. The van der Waals surface area contributed by atoms with Gasteiger partial charge < -0.3 is 9.67 Å². The SMILES string of the molecule is CC(C)C(C(=O)O)n1ccc2cc(Br)ccc2c1=O. The molecule has 0 saturated heterocycles. The summed E-state index contributed by atoms with van der Waals surface area (Å²) >= 11 is 3.35. The number of carbonyl (C=O) groups is 1. The normalized spacial score (nSPS) is 12.8. The zero-order valence-electron chi connectivity index (χ0n) is 10.6. The molecule has 0 spiro atoms. The maximum absolute atomic E-state index is 12.4. The molecule has 2 aromatic rings. The molecule has 2 rings (SSSR count). The molecule has 0 saturated carbocycles. The Morgan fingerprint density at radius 1 is 1.32 bits per heavy atom. The maximum atomic E-state index is 12.4. The van der Waals surface area contributed by atoms with Crippen molar-refractivity contribution in [3.8, 4) is 0 Å². The fourth-order valence-corrected chi connectivity index (χ4v) is 2.56. The van der Waals surface area contributed by atoms with Crippen LogP contribution in [0, 0.1) is 5.92 Å². The lowest BCUT2D eigenvalue weighted by molar-refractivity contribution is -0.142. The molecular formula is C14H14BrNO3. The number of carboxylic acid groups (broad SMARTS) is 1. The number of rotatable bonds is 3. The van der Waals surface area contributed by atoms with E-state index < -0.39 is 12.0 Å². The third-order valence-corrected chi connectivity index (χ3v) is 3.57. The first-order valence-electron chi connectivity index (χ1n) is 5.95. The van der Waals surface area contributed by atoms with Gasteiger partial charge in [0.05, 0.1) is 0 Å². The van der Waals surface area contributed by atoms with Crippen LogP contribution >= 0.6 is 15.9 Å². The van der Waals surface area contributed by atoms with Gasteiger partial charge in [-0.15, -0.1) is 0 Å². The second-order valence-electron chi connectivity index (χ2n) is 4.79. The molecule has 0 aliphatic heterocycles. The summed E-state index contributed by atoms with van der Waals surface area (Å²) < 4.78 is 2.18. The van der Waals surface area contributed by atoms with Crippen LogP contribution in [0.2, 0.25) is 0 Å². The van der Waals surface area contributed by atoms with Crippen LogP contribution in [-0.2, 0) is 4.79 Å². The van der Waals surface area contributed by atoms with Gasteiger partial charge in [0, 0.05) is 16.1 Å². The molecule has 1 atom stereocenters. The molecule has 1 unspecified atom stereocenters. The van der Waals surface area contributed by atoms with Crippen molar-refractivity contribution in [2.75, 3.05) is 0 Å². The van der Waals surface area contributed by atoms with Crippen LogP contribution in [-0.4, -0.2) is 15.6 Å². The van der Waals surface area contributed by atoms with Gasteiger partial charge in [-0.3, -0.25) is 4.79 Å². The number of carboxylic acids is 1. The van der Waals surface area contributed by atoms with Crippen molar-refractivity contribution in [2.45, 2.75) is 19.9 Å². The number of hydrogen-bond acceptors (Lipinski definition) is 2. The van der Waals surface area contributed by atoms with E-state index >= 15 is 0 Å². The van der Waals surface area contributed by atoms with Crippen molar-refractivity contribution >= 4 is 32.7 Å². The molecule has 0 aliphatic carbocycles. The fourth-order valence-electron chi connectivity index (χ4n) is 2.18. The highest BCUT2D eigenvalue weighted by molar-refractivity contribution is 9.10. The predicted molar refractivity (Wildman–Crippen MR) is 77.4 cm³/mol. The van der Waals surface area contributed by atoms with E-state index in [1.165, 1.54) is 4.57 Å². The molecule has 0 amide bonds. The highest BCUT2D eigenvalue weighted by Crippen LogP contribution is 2.20. The van der Waals surface area contributed by atoms with Crippen LogP contribution in [0.15, 0.2) is 39.7 Å². The Labute approximate surface area is 118 Å². The Kier molecular flexibility index (Phi) is 3.75. The van der Waals surface area contributed by atoms with Crippen LogP contribution in [0.5, 0.6) is 0 Å². The summed E-state index contributed by atoms with van der Waals surface area (Å²) in [4.78, 5) is 23.7. The van der Waals surface area contributed by atoms with Crippen molar-refractivity contribution < 1.29 is 9.90 Å². The Bertz CT molecular complexity index is 691. The molecule has 0 bridgehead atoms. The summed E-state index contributed by atoms with van der Waals surface area (Å²) in [6, 6.07) is 6.24. The van der Waals surface area contributed by atoms with E-state index in [0.29, 0.717) is 5.39 Å². The summed E-state index contributed by atoms with van der Waals surface area (Å²) in [6.07, 6.45) is 1.55. The van der Waals surface area contributed by atoms with Crippen molar-refractivity contribution in [1.82, 2.24) is 4.57 Å². The quantitative estimate of drug-likeness (QED) is 0.944. The minimum atomic E-state index is -0.992.